The number of aromatic nitrogens is 1. The molecule has 9 nitrogen and oxygen atoms in total. The number of carbonyl (C=O) groups excluding carboxylic acids is 1. The van der Waals surface area contributed by atoms with E-state index in [1.54, 1.807) is 18.2 Å². The number of aliphatic carboxylic acids is 1. The molecule has 0 radical (unpaired) electrons. The molecule has 0 amide bonds. The summed E-state index contributed by atoms with van der Waals surface area (Å²) in [5.74, 6) is -2.49. The zero-order valence-corrected chi connectivity index (χ0v) is 17.6. The number of hydrogen-bond acceptors (Lipinski definition) is 7. The Balaban J connectivity index is 1.83. The summed E-state index contributed by atoms with van der Waals surface area (Å²) in [6.45, 7) is 0. The second-order valence-electron chi connectivity index (χ2n) is 6.57. The fraction of sp³-hybridized carbons (Fsp3) is 0.100. The lowest BCUT2D eigenvalue weighted by Gasteiger charge is -2.16. The van der Waals surface area contributed by atoms with Gasteiger partial charge >= 0.3 is 11.7 Å². The number of carboxylic acids is 1. The van der Waals surface area contributed by atoms with Gasteiger partial charge in [-0.2, -0.15) is 12.8 Å². The summed E-state index contributed by atoms with van der Waals surface area (Å²) in [5.41, 5.74) is 1.09. The minimum atomic E-state index is -4.23. The van der Waals surface area contributed by atoms with E-state index in [-0.39, 0.29) is 32.4 Å². The molecule has 31 heavy (non-hydrogen) atoms. The standard InChI is InChI=1S/C20H14N2O7S2/c1-22-15-7-6-11(8-16(15)29-20(22)26)31(27,28)21-14-9-17(30-10-18(23)24)19(25)13-5-3-2-4-12(13)14/h2-9H,10H2,1H3,(H,23,24). The van der Waals surface area contributed by atoms with Gasteiger partial charge in [0.05, 0.1) is 26.8 Å². The molecule has 0 saturated heterocycles. The molecule has 1 heterocycles. The number of Topliss-reactive ketones (excluding diaryl/α,β-unsaturated/α-hetero) is 1. The van der Waals surface area contributed by atoms with E-state index in [1.165, 1.54) is 42.0 Å². The van der Waals surface area contributed by atoms with Crippen LogP contribution < -0.4 is 5.76 Å². The number of rotatable bonds is 5. The molecule has 0 unspecified atom stereocenters. The monoisotopic (exact) mass is 458 g/mol. The normalized spacial score (nSPS) is 15.2. The Morgan fingerprint density at radius 3 is 2.58 bits per heavy atom. The molecule has 0 saturated carbocycles. The Hall–Kier alpha value is -3.44. The van der Waals surface area contributed by atoms with E-state index in [4.69, 9.17) is 9.52 Å². The number of carboxylic acid groups (broad SMARTS) is 1. The molecule has 1 aromatic heterocycles. The summed E-state index contributed by atoms with van der Waals surface area (Å²) in [4.78, 5) is 35.1. The van der Waals surface area contributed by atoms with Crippen LogP contribution in [0.5, 0.6) is 0 Å². The molecule has 2 aromatic carbocycles. The number of oxazole rings is 1. The van der Waals surface area contributed by atoms with Gasteiger partial charge in [-0.15, -0.1) is 11.8 Å². The van der Waals surface area contributed by atoms with Crippen LogP contribution in [0.1, 0.15) is 15.9 Å². The highest BCUT2D eigenvalue weighted by Crippen LogP contribution is 2.30. The highest BCUT2D eigenvalue weighted by molar-refractivity contribution is 8.04. The molecule has 1 N–H and O–H groups in total. The number of allylic oxidation sites excluding steroid dienone is 2. The topological polar surface area (TPSA) is 136 Å². The Kier molecular flexibility index (Phi) is 5.15. The summed E-state index contributed by atoms with van der Waals surface area (Å²) in [7, 11) is -2.73. The van der Waals surface area contributed by atoms with Crippen LogP contribution in [0, 0.1) is 0 Å². The first-order chi connectivity index (χ1) is 14.7. The first kappa shape index (κ1) is 20.8. The number of sulfonamides is 1. The average Bonchev–Trinajstić information content (AvgIpc) is 3.02. The molecular weight excluding hydrogens is 444 g/mol. The lowest BCUT2D eigenvalue weighted by atomic mass is 9.94. The summed E-state index contributed by atoms with van der Waals surface area (Å²) < 4.78 is 36.1. The summed E-state index contributed by atoms with van der Waals surface area (Å²) >= 11 is 0.793. The van der Waals surface area contributed by atoms with Crippen LogP contribution in [0.25, 0.3) is 11.1 Å². The van der Waals surface area contributed by atoms with Crippen molar-refractivity contribution in [1.29, 1.82) is 0 Å². The number of hydrogen-bond donors (Lipinski definition) is 1. The lowest BCUT2D eigenvalue weighted by Crippen LogP contribution is -2.18. The maximum absolute atomic E-state index is 13.0. The van der Waals surface area contributed by atoms with Gasteiger partial charge in [-0.05, 0) is 18.2 Å². The van der Waals surface area contributed by atoms with Crippen molar-refractivity contribution in [3.63, 3.8) is 0 Å². The second kappa shape index (κ2) is 7.67. The first-order valence-electron chi connectivity index (χ1n) is 8.82. The van der Waals surface area contributed by atoms with E-state index in [9.17, 15) is 22.8 Å². The zero-order valence-electron chi connectivity index (χ0n) is 15.9. The maximum atomic E-state index is 13.0. The van der Waals surface area contributed by atoms with Crippen molar-refractivity contribution in [2.24, 2.45) is 11.4 Å². The van der Waals surface area contributed by atoms with Gasteiger partial charge in [0.2, 0.25) is 0 Å². The lowest BCUT2D eigenvalue weighted by molar-refractivity contribution is -0.133. The number of aryl methyl sites for hydroxylation is 1. The molecular formula is C20H14N2O7S2. The Morgan fingerprint density at radius 1 is 1.16 bits per heavy atom. The van der Waals surface area contributed by atoms with Crippen LogP contribution >= 0.6 is 11.8 Å². The third-order valence-corrected chi connectivity index (χ3v) is 6.86. The van der Waals surface area contributed by atoms with Crippen molar-refractivity contribution in [1.82, 2.24) is 4.57 Å². The quantitative estimate of drug-likeness (QED) is 0.615. The van der Waals surface area contributed by atoms with Crippen LogP contribution in [-0.4, -0.2) is 41.3 Å². The highest BCUT2D eigenvalue weighted by atomic mass is 32.2. The fourth-order valence-electron chi connectivity index (χ4n) is 3.08. The van der Waals surface area contributed by atoms with E-state index in [2.05, 4.69) is 4.40 Å². The van der Waals surface area contributed by atoms with Crippen LogP contribution in [0.15, 0.2) is 72.0 Å². The van der Waals surface area contributed by atoms with E-state index < -0.39 is 27.5 Å². The van der Waals surface area contributed by atoms with Crippen LogP contribution in [0.4, 0.5) is 0 Å². The Bertz CT molecular complexity index is 1480. The number of nitrogens with zero attached hydrogens (tertiary/aromatic N) is 2. The third kappa shape index (κ3) is 3.84. The van der Waals surface area contributed by atoms with Crippen LogP contribution in [0.2, 0.25) is 0 Å². The molecule has 0 fully saturated rings. The third-order valence-electron chi connectivity index (χ3n) is 4.57. The van der Waals surface area contributed by atoms with Gasteiger partial charge in [0.15, 0.2) is 11.4 Å². The fourth-order valence-corrected chi connectivity index (χ4v) is 4.81. The van der Waals surface area contributed by atoms with Gasteiger partial charge < -0.3 is 9.52 Å². The SMILES string of the molecule is Cn1c(=O)oc2cc(S(=O)(=O)N=C3C=C(SCC(=O)O)C(=O)c4ccccc43)ccc21. The minimum Gasteiger partial charge on any atom is -0.481 e. The molecule has 0 atom stereocenters. The zero-order chi connectivity index (χ0) is 22.3. The number of carbonyl (C=O) groups is 2. The van der Waals surface area contributed by atoms with Crippen molar-refractivity contribution in [3.05, 3.63) is 75.1 Å². The summed E-state index contributed by atoms with van der Waals surface area (Å²) in [6, 6.07) is 10.3. The average molecular weight is 458 g/mol. The Labute approximate surface area is 179 Å². The van der Waals surface area contributed by atoms with Crippen LogP contribution in [-0.2, 0) is 21.9 Å². The number of benzene rings is 2. The molecule has 0 aliphatic heterocycles. The van der Waals surface area contributed by atoms with E-state index in [0.717, 1.165) is 11.8 Å². The van der Waals surface area contributed by atoms with Gasteiger partial charge in [0, 0.05) is 24.2 Å². The maximum Gasteiger partial charge on any atom is 0.419 e. The van der Waals surface area contributed by atoms with E-state index in [0.29, 0.717) is 11.1 Å². The van der Waals surface area contributed by atoms with Crippen molar-refractivity contribution in [3.8, 4) is 0 Å². The molecule has 4 rings (SSSR count). The Morgan fingerprint density at radius 2 is 1.87 bits per heavy atom. The van der Waals surface area contributed by atoms with Crippen LogP contribution in [0.3, 0.4) is 0 Å². The predicted octanol–water partition coefficient (Wildman–Crippen LogP) is 2.21. The molecule has 3 aromatic rings. The summed E-state index contributed by atoms with van der Waals surface area (Å²) in [5, 5.41) is 8.92. The molecule has 1 aliphatic rings. The smallest absolute Gasteiger partial charge is 0.419 e. The van der Waals surface area contributed by atoms with Gasteiger partial charge in [-0.1, -0.05) is 24.3 Å². The number of ketones is 1. The molecule has 11 heteroatoms. The first-order valence-corrected chi connectivity index (χ1v) is 11.2. The molecule has 158 valence electrons. The minimum absolute atomic E-state index is 0.0118. The van der Waals surface area contributed by atoms with Crippen molar-refractivity contribution in [2.75, 3.05) is 5.75 Å². The van der Waals surface area contributed by atoms with Gasteiger partial charge in [-0.3, -0.25) is 14.2 Å². The van der Waals surface area contributed by atoms with Crippen molar-refractivity contribution < 1.29 is 27.5 Å². The highest BCUT2D eigenvalue weighted by Gasteiger charge is 2.27. The van der Waals surface area contributed by atoms with Crippen molar-refractivity contribution >= 4 is 50.3 Å². The molecule has 1 aliphatic carbocycles. The second-order valence-corrected chi connectivity index (χ2v) is 9.20. The van der Waals surface area contributed by atoms with E-state index >= 15 is 0 Å². The number of thioether (sulfide) groups is 1. The number of fused-ring (bicyclic) bond motifs is 2. The van der Waals surface area contributed by atoms with E-state index in [1.807, 2.05) is 0 Å². The largest absolute Gasteiger partial charge is 0.481 e. The van der Waals surface area contributed by atoms with Gasteiger partial charge in [-0.25, -0.2) is 4.79 Å². The molecule has 0 bridgehead atoms. The summed E-state index contributed by atoms with van der Waals surface area (Å²) in [6.07, 6.45) is 1.27. The predicted molar refractivity (Wildman–Crippen MR) is 114 cm³/mol. The van der Waals surface area contributed by atoms with Gasteiger partial charge in [0.25, 0.3) is 10.0 Å². The van der Waals surface area contributed by atoms with Gasteiger partial charge in [0.1, 0.15) is 0 Å². The molecule has 0 spiro atoms. The van der Waals surface area contributed by atoms with Crippen molar-refractivity contribution in [2.45, 2.75) is 4.90 Å².